The number of anilines is 1. The minimum Gasteiger partial charge on any atom is -0.467 e. The van der Waals surface area contributed by atoms with Gasteiger partial charge in [0.05, 0.1) is 19.9 Å². The van der Waals surface area contributed by atoms with Crippen molar-refractivity contribution in [3.05, 3.63) is 30.3 Å². The van der Waals surface area contributed by atoms with Gasteiger partial charge in [0.1, 0.15) is 6.54 Å². The molecule has 1 heterocycles. The number of carbonyl (C=O) groups is 2. The van der Waals surface area contributed by atoms with Crippen LogP contribution in [0.4, 0.5) is 5.69 Å². The zero-order valence-electron chi connectivity index (χ0n) is 10.6. The van der Waals surface area contributed by atoms with E-state index in [-0.39, 0.29) is 6.54 Å². The van der Waals surface area contributed by atoms with E-state index >= 15 is 0 Å². The predicted molar refractivity (Wildman–Crippen MR) is 65.4 cm³/mol. The number of nitrogens with zero attached hydrogens (tertiary/aromatic N) is 3. The van der Waals surface area contributed by atoms with Gasteiger partial charge in [0, 0.05) is 0 Å². The van der Waals surface area contributed by atoms with Crippen molar-refractivity contribution >= 4 is 17.6 Å². The third kappa shape index (κ3) is 1.92. The van der Waals surface area contributed by atoms with Crippen molar-refractivity contribution in [3.8, 4) is 0 Å². The normalized spacial score (nSPS) is 16.2. The predicted octanol–water partition coefficient (Wildman–Crippen LogP) is 0.959. The second kappa shape index (κ2) is 5.05. The summed E-state index contributed by atoms with van der Waals surface area (Å²) in [5.41, 5.74) is -1.13. The Balaban J connectivity index is 2.49. The first-order valence-electron chi connectivity index (χ1n) is 5.56. The molecule has 0 amide bonds. The maximum atomic E-state index is 12.0. The van der Waals surface area contributed by atoms with Crippen molar-refractivity contribution in [2.75, 3.05) is 25.8 Å². The molecule has 100 valence electrons. The van der Waals surface area contributed by atoms with Crippen molar-refractivity contribution in [3.63, 3.8) is 0 Å². The number of rotatable bonds is 3. The Hall–Kier alpha value is -2.44. The molecule has 0 aromatic heterocycles. The van der Waals surface area contributed by atoms with Gasteiger partial charge in [-0.1, -0.05) is 23.4 Å². The molecule has 0 aliphatic carbocycles. The van der Waals surface area contributed by atoms with Crippen LogP contribution in [0.15, 0.2) is 40.7 Å². The molecule has 1 aliphatic rings. The van der Waals surface area contributed by atoms with E-state index in [1.807, 2.05) is 6.07 Å². The summed E-state index contributed by atoms with van der Waals surface area (Å²) >= 11 is 0. The number of hydrogen-bond acceptors (Lipinski definition) is 7. The summed E-state index contributed by atoms with van der Waals surface area (Å²) in [6.45, 7) is -0.138. The second-order valence-corrected chi connectivity index (χ2v) is 3.88. The first kappa shape index (κ1) is 13.0. The van der Waals surface area contributed by atoms with E-state index in [0.717, 1.165) is 0 Å². The van der Waals surface area contributed by atoms with Crippen LogP contribution in [-0.2, 0) is 19.1 Å². The Bertz CT molecular complexity index is 499. The van der Waals surface area contributed by atoms with Gasteiger partial charge < -0.3 is 9.47 Å². The summed E-state index contributed by atoms with van der Waals surface area (Å²) in [6, 6.07) is 8.77. The van der Waals surface area contributed by atoms with Crippen LogP contribution >= 0.6 is 0 Å². The fourth-order valence-corrected chi connectivity index (χ4v) is 1.90. The third-order valence-electron chi connectivity index (χ3n) is 2.86. The molecule has 0 saturated carbocycles. The molecular weight excluding hydrogens is 250 g/mol. The lowest BCUT2D eigenvalue weighted by molar-refractivity contribution is -0.160. The van der Waals surface area contributed by atoms with Gasteiger partial charge in [-0.25, -0.2) is 14.6 Å². The smallest absolute Gasteiger partial charge is 0.347 e. The standard InChI is InChI=1S/C12H13N3O4/c1-18-10(16)12(11(17)19-2)8-13-14-15(12)9-6-4-3-5-7-9/h3-7H,8H2,1-2H3. The molecule has 2 rings (SSSR count). The zero-order valence-corrected chi connectivity index (χ0v) is 10.6. The van der Waals surface area contributed by atoms with Crippen molar-refractivity contribution in [2.45, 2.75) is 5.54 Å². The molecule has 7 nitrogen and oxygen atoms in total. The highest BCUT2D eigenvalue weighted by molar-refractivity contribution is 6.09. The lowest BCUT2D eigenvalue weighted by Gasteiger charge is -2.30. The molecule has 7 heteroatoms. The van der Waals surface area contributed by atoms with E-state index in [9.17, 15) is 9.59 Å². The summed E-state index contributed by atoms with van der Waals surface area (Å²) in [5.74, 6) is -1.51. The monoisotopic (exact) mass is 263 g/mol. The topological polar surface area (TPSA) is 80.6 Å². The minimum atomic E-state index is -1.69. The van der Waals surface area contributed by atoms with Crippen LogP contribution in [0.3, 0.4) is 0 Å². The average Bonchev–Trinajstić information content (AvgIpc) is 2.92. The zero-order chi connectivity index (χ0) is 13.9. The van der Waals surface area contributed by atoms with Crippen molar-refractivity contribution in [1.82, 2.24) is 0 Å². The van der Waals surface area contributed by atoms with E-state index in [1.54, 1.807) is 24.3 Å². The molecule has 0 unspecified atom stereocenters. The third-order valence-corrected chi connectivity index (χ3v) is 2.86. The number of para-hydroxylation sites is 1. The lowest BCUT2D eigenvalue weighted by atomic mass is 9.99. The highest BCUT2D eigenvalue weighted by atomic mass is 16.5. The fourth-order valence-electron chi connectivity index (χ4n) is 1.90. The number of methoxy groups -OCH3 is 2. The van der Waals surface area contributed by atoms with Gasteiger partial charge >= 0.3 is 11.9 Å². The summed E-state index contributed by atoms with van der Waals surface area (Å²) in [5, 5.41) is 8.86. The number of carbonyl (C=O) groups excluding carboxylic acids is 2. The van der Waals surface area contributed by atoms with Crippen LogP contribution in [0, 0.1) is 0 Å². The summed E-state index contributed by atoms with van der Waals surface area (Å²) in [6.07, 6.45) is 0. The Morgan fingerprint density at radius 1 is 1.16 bits per heavy atom. The molecule has 0 fully saturated rings. The van der Waals surface area contributed by atoms with Gasteiger partial charge in [-0.3, -0.25) is 0 Å². The van der Waals surface area contributed by atoms with Gasteiger partial charge in [-0.2, -0.15) is 5.11 Å². The Labute approximate surface area is 109 Å². The molecular formula is C12H13N3O4. The van der Waals surface area contributed by atoms with E-state index in [0.29, 0.717) is 5.69 Å². The van der Waals surface area contributed by atoms with Gasteiger partial charge in [-0.15, -0.1) is 0 Å². The molecule has 1 aromatic rings. The van der Waals surface area contributed by atoms with Gasteiger partial charge in [0.15, 0.2) is 0 Å². The number of esters is 2. The number of benzene rings is 1. The Morgan fingerprint density at radius 2 is 1.74 bits per heavy atom. The van der Waals surface area contributed by atoms with Crippen LogP contribution in [0.5, 0.6) is 0 Å². The second-order valence-electron chi connectivity index (χ2n) is 3.88. The van der Waals surface area contributed by atoms with Gasteiger partial charge in [-0.05, 0) is 12.1 Å². The van der Waals surface area contributed by atoms with Crippen molar-refractivity contribution < 1.29 is 19.1 Å². The van der Waals surface area contributed by atoms with Crippen LogP contribution in [0.25, 0.3) is 0 Å². The summed E-state index contributed by atoms with van der Waals surface area (Å²) in [4.78, 5) is 24.1. The highest BCUT2D eigenvalue weighted by Crippen LogP contribution is 2.32. The molecule has 1 aliphatic heterocycles. The largest absolute Gasteiger partial charge is 0.467 e. The van der Waals surface area contributed by atoms with Crippen LogP contribution in [0.2, 0.25) is 0 Å². The SMILES string of the molecule is COC(=O)C1(C(=O)OC)CN=NN1c1ccccc1. The molecule has 0 saturated heterocycles. The quantitative estimate of drug-likeness (QED) is 0.599. The van der Waals surface area contributed by atoms with E-state index in [4.69, 9.17) is 9.47 Å². The van der Waals surface area contributed by atoms with E-state index in [2.05, 4.69) is 10.3 Å². The summed E-state index contributed by atoms with van der Waals surface area (Å²) < 4.78 is 9.42. The minimum absolute atomic E-state index is 0.138. The van der Waals surface area contributed by atoms with Crippen LogP contribution in [-0.4, -0.2) is 38.2 Å². The van der Waals surface area contributed by atoms with Crippen molar-refractivity contribution in [1.29, 1.82) is 0 Å². The number of hydrogen-bond donors (Lipinski definition) is 0. The first-order valence-corrected chi connectivity index (χ1v) is 5.56. The van der Waals surface area contributed by atoms with E-state index < -0.39 is 17.5 Å². The fraction of sp³-hybridized carbons (Fsp3) is 0.333. The van der Waals surface area contributed by atoms with Crippen molar-refractivity contribution in [2.24, 2.45) is 10.3 Å². The molecule has 0 spiro atoms. The van der Waals surface area contributed by atoms with Crippen LogP contribution < -0.4 is 5.01 Å². The maximum absolute atomic E-state index is 12.0. The number of ether oxygens (including phenoxy) is 2. The van der Waals surface area contributed by atoms with Gasteiger partial charge in [0.2, 0.25) is 0 Å². The van der Waals surface area contributed by atoms with E-state index in [1.165, 1.54) is 19.2 Å². The average molecular weight is 263 g/mol. The lowest BCUT2D eigenvalue weighted by Crippen LogP contribution is -2.59. The molecule has 1 aromatic carbocycles. The summed E-state index contributed by atoms with van der Waals surface area (Å²) in [7, 11) is 2.41. The van der Waals surface area contributed by atoms with Crippen LogP contribution in [0.1, 0.15) is 0 Å². The molecule has 0 radical (unpaired) electrons. The Kier molecular flexibility index (Phi) is 3.46. The maximum Gasteiger partial charge on any atom is 0.347 e. The first-order chi connectivity index (χ1) is 9.16. The molecule has 0 bridgehead atoms. The Morgan fingerprint density at radius 3 is 2.26 bits per heavy atom. The molecule has 0 atom stereocenters. The molecule has 0 N–H and O–H groups in total. The van der Waals surface area contributed by atoms with Gasteiger partial charge in [0.25, 0.3) is 5.54 Å². The molecule has 19 heavy (non-hydrogen) atoms. The highest BCUT2D eigenvalue weighted by Gasteiger charge is 2.57.